The average molecular weight is 225 g/mol. The zero-order chi connectivity index (χ0) is 12.0. The Bertz CT molecular complexity index is 317. The van der Waals surface area contributed by atoms with E-state index in [-0.39, 0.29) is 5.82 Å². The summed E-state index contributed by atoms with van der Waals surface area (Å²) in [6, 6.07) is 6.48. The number of halogens is 1. The highest BCUT2D eigenvalue weighted by Crippen LogP contribution is 2.13. The molecule has 0 amide bonds. The van der Waals surface area contributed by atoms with Crippen LogP contribution < -0.4 is 5.32 Å². The van der Waals surface area contributed by atoms with Gasteiger partial charge >= 0.3 is 0 Å². The molecule has 1 unspecified atom stereocenters. The quantitative estimate of drug-likeness (QED) is 0.780. The van der Waals surface area contributed by atoms with Crippen molar-refractivity contribution in [3.8, 4) is 0 Å². The molecular formula is C13H20FNO. The lowest BCUT2D eigenvalue weighted by atomic mass is 10.1. The fourth-order valence-corrected chi connectivity index (χ4v) is 1.68. The molecular weight excluding hydrogens is 205 g/mol. The first-order chi connectivity index (χ1) is 7.63. The third-order valence-electron chi connectivity index (χ3n) is 2.61. The Kier molecular flexibility index (Phi) is 5.43. The number of aliphatic hydroxyl groups excluding tert-OH is 1. The fraction of sp³-hybridized carbons (Fsp3) is 0.538. The van der Waals surface area contributed by atoms with Crippen LogP contribution in [-0.4, -0.2) is 17.7 Å². The number of nitrogens with one attached hydrogen (secondary N) is 1. The third-order valence-corrected chi connectivity index (χ3v) is 2.61. The molecule has 3 heteroatoms. The minimum atomic E-state index is -0.644. The Labute approximate surface area is 96.5 Å². The lowest BCUT2D eigenvalue weighted by Gasteiger charge is -2.16. The van der Waals surface area contributed by atoms with Crippen molar-refractivity contribution in [3.05, 3.63) is 35.6 Å². The van der Waals surface area contributed by atoms with Crippen LogP contribution in [0.5, 0.6) is 0 Å². The van der Waals surface area contributed by atoms with Crippen LogP contribution in [0.3, 0.4) is 0 Å². The van der Waals surface area contributed by atoms with Crippen molar-refractivity contribution < 1.29 is 9.50 Å². The molecule has 0 spiro atoms. The van der Waals surface area contributed by atoms with Crippen LogP contribution >= 0.6 is 0 Å². The van der Waals surface area contributed by atoms with E-state index < -0.39 is 6.10 Å². The summed E-state index contributed by atoms with van der Waals surface area (Å²) in [6.45, 7) is 4.67. The molecule has 1 aromatic rings. The third kappa shape index (κ3) is 4.29. The molecule has 2 nitrogen and oxygen atoms in total. The normalized spacial score (nSPS) is 14.8. The van der Waals surface area contributed by atoms with Gasteiger partial charge in [-0.25, -0.2) is 4.39 Å². The van der Waals surface area contributed by atoms with E-state index in [0.29, 0.717) is 18.2 Å². The molecule has 90 valence electrons. The zero-order valence-electron chi connectivity index (χ0n) is 9.91. The number of aliphatic hydroxyl groups is 1. The molecule has 0 saturated carbocycles. The molecule has 1 aromatic carbocycles. The first-order valence-corrected chi connectivity index (χ1v) is 5.80. The smallest absolute Gasteiger partial charge is 0.123 e. The predicted molar refractivity (Wildman–Crippen MR) is 63.7 cm³/mol. The number of benzene rings is 1. The van der Waals surface area contributed by atoms with Crippen molar-refractivity contribution in [2.75, 3.05) is 6.54 Å². The molecule has 16 heavy (non-hydrogen) atoms. The van der Waals surface area contributed by atoms with Gasteiger partial charge in [0.2, 0.25) is 0 Å². The second-order valence-corrected chi connectivity index (χ2v) is 4.17. The largest absolute Gasteiger partial charge is 0.387 e. The second-order valence-electron chi connectivity index (χ2n) is 4.17. The van der Waals surface area contributed by atoms with Crippen molar-refractivity contribution in [2.24, 2.45) is 0 Å². The molecule has 0 bridgehead atoms. The van der Waals surface area contributed by atoms with Crippen LogP contribution in [0.15, 0.2) is 24.3 Å². The van der Waals surface area contributed by atoms with Crippen LogP contribution in [0.25, 0.3) is 0 Å². The fourth-order valence-electron chi connectivity index (χ4n) is 1.68. The summed E-state index contributed by atoms with van der Waals surface area (Å²) in [7, 11) is 0. The lowest BCUT2D eigenvalue weighted by molar-refractivity contribution is 0.169. The molecule has 0 heterocycles. The molecule has 0 radical (unpaired) electrons. The van der Waals surface area contributed by atoms with Gasteiger partial charge in [0.15, 0.2) is 0 Å². The van der Waals surface area contributed by atoms with E-state index in [1.807, 2.05) is 0 Å². The Morgan fingerprint density at radius 1 is 1.44 bits per heavy atom. The summed E-state index contributed by atoms with van der Waals surface area (Å²) >= 11 is 0. The van der Waals surface area contributed by atoms with E-state index >= 15 is 0 Å². The van der Waals surface area contributed by atoms with Gasteiger partial charge in [-0.15, -0.1) is 0 Å². The van der Waals surface area contributed by atoms with E-state index in [1.165, 1.54) is 12.1 Å². The average Bonchev–Trinajstić information content (AvgIpc) is 2.26. The van der Waals surface area contributed by atoms with Gasteiger partial charge < -0.3 is 10.4 Å². The summed E-state index contributed by atoms with van der Waals surface area (Å²) in [5, 5.41) is 13.1. The van der Waals surface area contributed by atoms with Crippen molar-refractivity contribution >= 4 is 0 Å². The van der Waals surface area contributed by atoms with E-state index in [9.17, 15) is 9.50 Å². The van der Waals surface area contributed by atoms with E-state index in [0.717, 1.165) is 12.8 Å². The van der Waals surface area contributed by atoms with Crippen molar-refractivity contribution in [1.29, 1.82) is 0 Å². The van der Waals surface area contributed by atoms with Crippen LogP contribution in [-0.2, 0) is 0 Å². The van der Waals surface area contributed by atoms with Gasteiger partial charge in [-0.1, -0.05) is 25.5 Å². The Balaban J connectivity index is 2.43. The second kappa shape index (κ2) is 6.61. The monoisotopic (exact) mass is 225 g/mol. The summed E-state index contributed by atoms with van der Waals surface area (Å²) < 4.78 is 12.9. The molecule has 1 rings (SSSR count). The van der Waals surface area contributed by atoms with Crippen LogP contribution in [0.2, 0.25) is 0 Å². The number of hydrogen-bond acceptors (Lipinski definition) is 2. The predicted octanol–water partition coefficient (Wildman–Crippen LogP) is 2.64. The molecule has 2 atom stereocenters. The van der Waals surface area contributed by atoms with E-state index in [2.05, 4.69) is 19.2 Å². The van der Waals surface area contributed by atoms with Crippen LogP contribution in [0, 0.1) is 5.82 Å². The maximum absolute atomic E-state index is 12.9. The van der Waals surface area contributed by atoms with Crippen molar-refractivity contribution in [2.45, 2.75) is 38.8 Å². The maximum atomic E-state index is 12.9. The SMILES string of the molecule is CCCC(C)NC[C@H](O)c1cccc(F)c1. The topological polar surface area (TPSA) is 32.3 Å². The standard InChI is InChI=1S/C13H20FNO/c1-3-5-10(2)15-9-13(16)11-6-4-7-12(14)8-11/h4,6-8,10,13,15-16H,3,5,9H2,1-2H3/t10?,13-/m0/s1. The summed E-state index contributed by atoms with van der Waals surface area (Å²) in [5.41, 5.74) is 0.621. The van der Waals surface area contributed by atoms with Gasteiger partial charge in [0.05, 0.1) is 6.10 Å². The highest BCUT2D eigenvalue weighted by atomic mass is 19.1. The van der Waals surface area contributed by atoms with Gasteiger partial charge in [0.25, 0.3) is 0 Å². The van der Waals surface area contributed by atoms with Crippen LogP contribution in [0.1, 0.15) is 38.4 Å². The molecule has 0 aliphatic heterocycles. The summed E-state index contributed by atoms with van der Waals surface area (Å²) in [4.78, 5) is 0. The summed E-state index contributed by atoms with van der Waals surface area (Å²) in [5.74, 6) is -0.307. The maximum Gasteiger partial charge on any atom is 0.123 e. The van der Waals surface area contributed by atoms with E-state index in [1.54, 1.807) is 12.1 Å². The number of hydrogen-bond donors (Lipinski definition) is 2. The van der Waals surface area contributed by atoms with Gasteiger partial charge in [-0.05, 0) is 31.0 Å². The first-order valence-electron chi connectivity index (χ1n) is 5.80. The Morgan fingerprint density at radius 3 is 2.81 bits per heavy atom. The highest BCUT2D eigenvalue weighted by molar-refractivity contribution is 5.18. The van der Waals surface area contributed by atoms with Crippen LogP contribution in [0.4, 0.5) is 4.39 Å². The van der Waals surface area contributed by atoms with Crippen molar-refractivity contribution in [3.63, 3.8) is 0 Å². The van der Waals surface area contributed by atoms with Gasteiger partial charge in [0, 0.05) is 12.6 Å². The molecule has 0 saturated heterocycles. The first kappa shape index (κ1) is 13.1. The molecule has 0 aliphatic carbocycles. The molecule has 0 fully saturated rings. The molecule has 2 N–H and O–H groups in total. The minimum absolute atomic E-state index is 0.307. The van der Waals surface area contributed by atoms with Gasteiger partial charge in [-0.3, -0.25) is 0 Å². The number of rotatable bonds is 6. The zero-order valence-corrected chi connectivity index (χ0v) is 9.91. The summed E-state index contributed by atoms with van der Waals surface area (Å²) in [6.07, 6.45) is 1.55. The molecule has 0 aromatic heterocycles. The van der Waals surface area contributed by atoms with Gasteiger partial charge in [-0.2, -0.15) is 0 Å². The Hall–Kier alpha value is -0.930. The highest BCUT2D eigenvalue weighted by Gasteiger charge is 2.09. The van der Waals surface area contributed by atoms with E-state index in [4.69, 9.17) is 0 Å². The minimum Gasteiger partial charge on any atom is -0.387 e. The van der Waals surface area contributed by atoms with Gasteiger partial charge in [0.1, 0.15) is 5.82 Å². The lowest BCUT2D eigenvalue weighted by Crippen LogP contribution is -2.30. The molecule has 0 aliphatic rings. The van der Waals surface area contributed by atoms with Crippen molar-refractivity contribution in [1.82, 2.24) is 5.32 Å². The Morgan fingerprint density at radius 2 is 2.19 bits per heavy atom.